The van der Waals surface area contributed by atoms with Crippen molar-refractivity contribution in [1.29, 1.82) is 0 Å². The number of hydrogen-bond acceptors (Lipinski definition) is 6. The topological polar surface area (TPSA) is 67.4 Å². The van der Waals surface area contributed by atoms with Crippen molar-refractivity contribution in [3.05, 3.63) is 54.2 Å². The first kappa shape index (κ1) is 13.2. The number of benzene rings is 1. The van der Waals surface area contributed by atoms with Crippen LogP contribution in [-0.4, -0.2) is 31.0 Å². The predicted molar refractivity (Wildman–Crippen MR) is 92.0 cm³/mol. The Bertz CT molecular complexity index is 1000. The second kappa shape index (κ2) is 4.47. The molecule has 0 amide bonds. The third-order valence-electron chi connectivity index (χ3n) is 5.33. The lowest BCUT2D eigenvalue weighted by Crippen LogP contribution is -2.49. The van der Waals surface area contributed by atoms with Gasteiger partial charge in [-0.25, -0.2) is 15.0 Å². The molecule has 1 aromatic carbocycles. The van der Waals surface area contributed by atoms with Gasteiger partial charge in [0.15, 0.2) is 12.0 Å². The van der Waals surface area contributed by atoms with Crippen LogP contribution in [0.3, 0.4) is 0 Å². The number of rotatable bonds is 2. The van der Waals surface area contributed by atoms with Gasteiger partial charge in [-0.1, -0.05) is 25.1 Å². The van der Waals surface area contributed by atoms with Crippen molar-refractivity contribution in [3.63, 3.8) is 0 Å². The summed E-state index contributed by atoms with van der Waals surface area (Å²) in [5, 5.41) is 12.5. The molecule has 0 saturated heterocycles. The predicted octanol–water partition coefficient (Wildman–Crippen LogP) is 2.00. The van der Waals surface area contributed by atoms with Crippen LogP contribution in [-0.2, 0) is 0 Å². The Morgan fingerprint density at radius 1 is 1.16 bits per heavy atom. The minimum absolute atomic E-state index is 0.117. The molecule has 0 spiro atoms. The minimum atomic E-state index is -0.117. The van der Waals surface area contributed by atoms with E-state index in [1.807, 2.05) is 47.1 Å². The SMILES string of the molecule is CC1CC1c1cnnn1N1C=NC2c3ccccc3-n3cncc3N21. The summed E-state index contributed by atoms with van der Waals surface area (Å²) in [5.41, 5.74) is 3.39. The molecular formula is C17H16N8. The summed E-state index contributed by atoms with van der Waals surface area (Å²) in [4.78, 5) is 11.0. The summed E-state index contributed by atoms with van der Waals surface area (Å²) < 4.78 is 2.09. The molecule has 8 nitrogen and oxygen atoms in total. The van der Waals surface area contributed by atoms with Crippen LogP contribution in [0.4, 0.5) is 5.82 Å². The largest absolute Gasteiger partial charge is 0.284 e. The summed E-state index contributed by atoms with van der Waals surface area (Å²) in [6.45, 7) is 2.26. The molecule has 4 heterocycles. The number of imidazole rings is 1. The molecule has 1 aliphatic carbocycles. The molecule has 3 atom stereocenters. The van der Waals surface area contributed by atoms with Gasteiger partial charge in [-0.15, -0.1) is 9.89 Å². The Labute approximate surface area is 144 Å². The zero-order valence-corrected chi connectivity index (χ0v) is 13.6. The Morgan fingerprint density at radius 3 is 2.92 bits per heavy atom. The quantitative estimate of drug-likeness (QED) is 0.718. The van der Waals surface area contributed by atoms with Gasteiger partial charge in [0.05, 0.1) is 23.8 Å². The van der Waals surface area contributed by atoms with Gasteiger partial charge < -0.3 is 0 Å². The van der Waals surface area contributed by atoms with E-state index in [1.165, 1.54) is 6.42 Å². The number of nitrogens with zero attached hydrogens (tertiary/aromatic N) is 8. The number of aromatic nitrogens is 5. The van der Waals surface area contributed by atoms with Crippen molar-refractivity contribution in [2.45, 2.75) is 25.4 Å². The van der Waals surface area contributed by atoms with E-state index in [0.29, 0.717) is 11.8 Å². The monoisotopic (exact) mass is 332 g/mol. The van der Waals surface area contributed by atoms with Gasteiger partial charge in [-0.2, -0.15) is 5.12 Å². The third kappa shape index (κ3) is 1.66. The summed E-state index contributed by atoms with van der Waals surface area (Å²) in [6.07, 6.45) is 8.46. The van der Waals surface area contributed by atoms with E-state index in [9.17, 15) is 0 Å². The first-order valence-electron chi connectivity index (χ1n) is 8.47. The van der Waals surface area contributed by atoms with Crippen LogP contribution in [0.25, 0.3) is 5.69 Å². The summed E-state index contributed by atoms with van der Waals surface area (Å²) in [7, 11) is 0. The van der Waals surface area contributed by atoms with Crippen LogP contribution >= 0.6 is 0 Å². The van der Waals surface area contributed by atoms with E-state index < -0.39 is 0 Å². The maximum Gasteiger partial charge on any atom is 0.173 e. The molecule has 3 unspecified atom stereocenters. The standard InChI is InChI=1S/C17H16N8/c1-11-6-13(11)15-7-20-21-25(15)23-10-19-17-12-4-2-3-5-14(12)22-9-18-8-16(22)24(17)23/h2-5,7-11,13,17H,6H2,1H3. The minimum Gasteiger partial charge on any atom is -0.284 e. The van der Waals surface area contributed by atoms with Gasteiger partial charge in [0.2, 0.25) is 0 Å². The van der Waals surface area contributed by atoms with E-state index in [2.05, 4.69) is 43.9 Å². The summed E-state index contributed by atoms with van der Waals surface area (Å²) >= 11 is 0. The lowest BCUT2D eigenvalue weighted by molar-refractivity contribution is 0.525. The number of hydrogen-bond donors (Lipinski definition) is 0. The van der Waals surface area contributed by atoms with Crippen molar-refractivity contribution in [3.8, 4) is 5.69 Å². The Morgan fingerprint density at radius 2 is 2.04 bits per heavy atom. The zero-order chi connectivity index (χ0) is 16.5. The van der Waals surface area contributed by atoms with Crippen LogP contribution in [0.15, 0.2) is 48.0 Å². The fourth-order valence-electron chi connectivity index (χ4n) is 3.88. The number of aliphatic imine (C=N–C) groups is 1. The Hall–Kier alpha value is -3.16. The Balaban J connectivity index is 1.50. The smallest absolute Gasteiger partial charge is 0.173 e. The van der Waals surface area contributed by atoms with Crippen molar-refractivity contribution in [2.75, 3.05) is 10.1 Å². The molecule has 3 aromatic rings. The molecule has 8 heteroatoms. The van der Waals surface area contributed by atoms with Crippen LogP contribution in [0.5, 0.6) is 0 Å². The van der Waals surface area contributed by atoms with Gasteiger partial charge in [-0.05, 0) is 23.6 Å². The average molecular weight is 332 g/mol. The van der Waals surface area contributed by atoms with E-state index in [0.717, 1.165) is 22.8 Å². The fourth-order valence-corrected chi connectivity index (χ4v) is 3.88. The van der Waals surface area contributed by atoms with Crippen LogP contribution in [0.2, 0.25) is 0 Å². The molecule has 0 N–H and O–H groups in total. The first-order valence-corrected chi connectivity index (χ1v) is 8.47. The van der Waals surface area contributed by atoms with Crippen LogP contribution in [0, 0.1) is 5.92 Å². The van der Waals surface area contributed by atoms with Crippen LogP contribution in [0.1, 0.15) is 36.7 Å². The molecule has 1 fully saturated rings. The molecule has 2 aliphatic heterocycles. The highest BCUT2D eigenvalue weighted by Gasteiger charge is 2.42. The van der Waals surface area contributed by atoms with Gasteiger partial charge in [-0.3, -0.25) is 4.57 Å². The van der Waals surface area contributed by atoms with Gasteiger partial charge in [0.1, 0.15) is 12.7 Å². The second-order valence-electron chi connectivity index (χ2n) is 6.85. The molecule has 3 aliphatic rings. The number of hydrazine groups is 1. The fraction of sp³-hybridized carbons (Fsp3) is 0.294. The van der Waals surface area contributed by atoms with Crippen molar-refractivity contribution < 1.29 is 0 Å². The molecule has 6 rings (SSSR count). The van der Waals surface area contributed by atoms with E-state index in [4.69, 9.17) is 4.99 Å². The van der Waals surface area contributed by atoms with Crippen molar-refractivity contribution in [1.82, 2.24) is 24.7 Å². The average Bonchev–Trinajstić information content (AvgIpc) is 3.12. The van der Waals surface area contributed by atoms with E-state index in [1.54, 1.807) is 0 Å². The third-order valence-corrected chi connectivity index (χ3v) is 5.33. The molecule has 0 bridgehead atoms. The van der Waals surface area contributed by atoms with Gasteiger partial charge >= 0.3 is 0 Å². The zero-order valence-electron chi connectivity index (χ0n) is 13.6. The molecule has 124 valence electrons. The molecule has 2 aromatic heterocycles. The lowest BCUT2D eigenvalue weighted by atomic mass is 10.1. The molecule has 25 heavy (non-hydrogen) atoms. The van der Waals surface area contributed by atoms with Crippen LogP contribution < -0.4 is 10.1 Å². The van der Waals surface area contributed by atoms with Gasteiger partial charge in [0, 0.05) is 11.5 Å². The van der Waals surface area contributed by atoms with Crippen molar-refractivity contribution >= 4 is 12.2 Å². The molecular weight excluding hydrogens is 316 g/mol. The highest BCUT2D eigenvalue weighted by atomic mass is 15.9. The number of anilines is 1. The molecule has 0 radical (unpaired) electrons. The van der Waals surface area contributed by atoms with E-state index in [-0.39, 0.29) is 6.17 Å². The summed E-state index contributed by atoms with van der Waals surface area (Å²) in [5.74, 6) is 2.16. The first-order chi connectivity index (χ1) is 12.3. The Kier molecular flexibility index (Phi) is 2.35. The summed E-state index contributed by atoms with van der Waals surface area (Å²) in [6, 6.07) is 8.30. The van der Waals surface area contributed by atoms with Gasteiger partial charge in [0.25, 0.3) is 0 Å². The highest BCUT2D eigenvalue weighted by molar-refractivity contribution is 5.78. The lowest BCUT2D eigenvalue weighted by Gasteiger charge is -2.37. The van der Waals surface area contributed by atoms with E-state index >= 15 is 0 Å². The second-order valence-corrected chi connectivity index (χ2v) is 6.85. The number of para-hydroxylation sites is 1. The highest BCUT2D eigenvalue weighted by Crippen LogP contribution is 2.47. The maximum absolute atomic E-state index is 4.75. The molecule has 1 saturated carbocycles. The maximum atomic E-state index is 4.75. The normalized spacial score (nSPS) is 25.7. The number of fused-ring (bicyclic) bond motifs is 6. The van der Waals surface area contributed by atoms with Crippen molar-refractivity contribution in [2.24, 2.45) is 10.9 Å².